The van der Waals surface area contributed by atoms with Gasteiger partial charge in [-0.3, -0.25) is 4.79 Å². The number of aryl methyl sites for hydroxylation is 1. The Bertz CT molecular complexity index is 850. The van der Waals surface area contributed by atoms with Gasteiger partial charge in [0.05, 0.1) is 15.5 Å². The summed E-state index contributed by atoms with van der Waals surface area (Å²) in [5.41, 5.74) is 1.86. The van der Waals surface area contributed by atoms with Crippen LogP contribution in [0.15, 0.2) is 41.3 Å². The van der Waals surface area contributed by atoms with E-state index >= 15 is 0 Å². The number of carbonyl (C=O) groups is 1. The first-order valence-corrected chi connectivity index (χ1v) is 9.60. The number of hydrogen-bond acceptors (Lipinski definition) is 3. The Morgan fingerprint density at radius 1 is 1.18 bits per heavy atom. The minimum absolute atomic E-state index is 0.0561. The topological polar surface area (TPSA) is 63.2 Å². The molecule has 2 aromatic rings. The highest BCUT2D eigenvalue weighted by atomic mass is 127. The van der Waals surface area contributed by atoms with Crippen LogP contribution in [0.1, 0.15) is 15.9 Å². The molecular formula is C15H13ClINO3S. The minimum atomic E-state index is -3.40. The first kappa shape index (κ1) is 17.2. The fourth-order valence-corrected chi connectivity index (χ4v) is 3.14. The molecule has 0 spiro atoms. The smallest absolute Gasteiger partial charge is 0.257 e. The van der Waals surface area contributed by atoms with Gasteiger partial charge in [-0.25, -0.2) is 8.42 Å². The lowest BCUT2D eigenvalue weighted by molar-refractivity contribution is 0.102. The zero-order chi connectivity index (χ0) is 16.5. The molecule has 0 saturated heterocycles. The quantitative estimate of drug-likeness (QED) is 0.723. The standard InChI is InChI=1S/C15H13ClINO3S/c1-9-3-4-10(7-14(9)17)18-15(19)12-8-11(22(2,20)21)5-6-13(12)16/h3-8H,1-2H3,(H,18,19). The van der Waals surface area contributed by atoms with E-state index in [2.05, 4.69) is 27.9 Å². The van der Waals surface area contributed by atoms with Crippen molar-refractivity contribution in [3.05, 3.63) is 56.1 Å². The van der Waals surface area contributed by atoms with Gasteiger partial charge in [0.25, 0.3) is 5.91 Å². The summed E-state index contributed by atoms with van der Waals surface area (Å²) in [7, 11) is -3.40. The van der Waals surface area contributed by atoms with Crippen LogP contribution in [-0.2, 0) is 9.84 Å². The van der Waals surface area contributed by atoms with E-state index in [1.165, 1.54) is 18.2 Å². The number of sulfone groups is 1. The molecule has 0 atom stereocenters. The van der Waals surface area contributed by atoms with Crippen molar-refractivity contribution in [2.24, 2.45) is 0 Å². The van der Waals surface area contributed by atoms with Gasteiger partial charge in [0.15, 0.2) is 9.84 Å². The fourth-order valence-electron chi connectivity index (χ4n) is 1.78. The van der Waals surface area contributed by atoms with Crippen LogP contribution in [0.3, 0.4) is 0 Å². The van der Waals surface area contributed by atoms with Crippen molar-refractivity contribution >= 4 is 55.6 Å². The van der Waals surface area contributed by atoms with E-state index < -0.39 is 15.7 Å². The number of anilines is 1. The van der Waals surface area contributed by atoms with Crippen LogP contribution < -0.4 is 5.32 Å². The predicted molar refractivity (Wildman–Crippen MR) is 96.4 cm³/mol. The molecule has 0 radical (unpaired) electrons. The first-order valence-electron chi connectivity index (χ1n) is 6.25. The van der Waals surface area contributed by atoms with Gasteiger partial charge in [0.1, 0.15) is 0 Å². The van der Waals surface area contributed by atoms with Gasteiger partial charge < -0.3 is 5.32 Å². The average Bonchev–Trinajstić information content (AvgIpc) is 2.42. The highest BCUT2D eigenvalue weighted by Crippen LogP contribution is 2.23. The summed E-state index contributed by atoms with van der Waals surface area (Å²) < 4.78 is 24.2. The minimum Gasteiger partial charge on any atom is -0.322 e. The molecular weight excluding hydrogens is 437 g/mol. The molecule has 7 heteroatoms. The molecule has 0 aliphatic carbocycles. The summed E-state index contributed by atoms with van der Waals surface area (Å²) in [5.74, 6) is -0.449. The Labute approximate surface area is 147 Å². The number of halogens is 2. The lowest BCUT2D eigenvalue weighted by Crippen LogP contribution is -2.13. The second-order valence-electron chi connectivity index (χ2n) is 4.83. The van der Waals surface area contributed by atoms with Crippen LogP contribution in [0.25, 0.3) is 0 Å². The fraction of sp³-hybridized carbons (Fsp3) is 0.133. The van der Waals surface area contributed by atoms with Crippen molar-refractivity contribution in [2.75, 3.05) is 11.6 Å². The molecule has 1 N–H and O–H groups in total. The van der Waals surface area contributed by atoms with Gasteiger partial charge in [0.2, 0.25) is 0 Å². The predicted octanol–water partition coefficient (Wildman–Crippen LogP) is 3.91. The van der Waals surface area contributed by atoms with Crippen molar-refractivity contribution < 1.29 is 13.2 Å². The molecule has 4 nitrogen and oxygen atoms in total. The van der Waals surface area contributed by atoms with E-state index in [-0.39, 0.29) is 15.5 Å². The van der Waals surface area contributed by atoms with Crippen molar-refractivity contribution in [1.82, 2.24) is 0 Å². The zero-order valence-electron chi connectivity index (χ0n) is 11.9. The van der Waals surface area contributed by atoms with Crippen LogP contribution in [0.2, 0.25) is 5.02 Å². The summed E-state index contributed by atoms with van der Waals surface area (Å²) >= 11 is 8.18. The maximum absolute atomic E-state index is 12.3. The highest BCUT2D eigenvalue weighted by molar-refractivity contribution is 14.1. The Morgan fingerprint density at radius 2 is 1.86 bits per heavy atom. The van der Waals surface area contributed by atoms with Crippen LogP contribution in [0, 0.1) is 10.5 Å². The lowest BCUT2D eigenvalue weighted by atomic mass is 10.2. The Morgan fingerprint density at radius 3 is 2.45 bits per heavy atom. The van der Waals surface area contributed by atoms with Gasteiger partial charge in [-0.1, -0.05) is 17.7 Å². The molecule has 0 bridgehead atoms. The van der Waals surface area contributed by atoms with E-state index in [0.717, 1.165) is 15.4 Å². The largest absolute Gasteiger partial charge is 0.322 e. The molecule has 0 aliphatic heterocycles. The lowest BCUT2D eigenvalue weighted by Gasteiger charge is -2.09. The first-order chi connectivity index (χ1) is 10.2. The van der Waals surface area contributed by atoms with Gasteiger partial charge in [-0.15, -0.1) is 0 Å². The van der Waals surface area contributed by atoms with E-state index in [1.54, 1.807) is 6.07 Å². The molecule has 0 aliphatic rings. The van der Waals surface area contributed by atoms with Gasteiger partial charge in [-0.2, -0.15) is 0 Å². The highest BCUT2D eigenvalue weighted by Gasteiger charge is 2.15. The van der Waals surface area contributed by atoms with Crippen LogP contribution in [0.5, 0.6) is 0 Å². The normalized spacial score (nSPS) is 11.3. The van der Waals surface area contributed by atoms with Gasteiger partial charge >= 0.3 is 0 Å². The molecule has 0 aromatic heterocycles. The molecule has 116 valence electrons. The Hall–Kier alpha value is -1.12. The molecule has 0 saturated carbocycles. The van der Waals surface area contributed by atoms with Crippen molar-refractivity contribution in [1.29, 1.82) is 0 Å². The molecule has 0 fully saturated rings. The average molecular weight is 450 g/mol. The van der Waals surface area contributed by atoms with E-state index in [0.29, 0.717) is 5.69 Å². The molecule has 0 unspecified atom stereocenters. The van der Waals surface area contributed by atoms with Gasteiger partial charge in [-0.05, 0) is 65.4 Å². The molecule has 2 rings (SSSR count). The number of carbonyl (C=O) groups excluding carboxylic acids is 1. The van der Waals surface area contributed by atoms with Crippen molar-refractivity contribution in [3.8, 4) is 0 Å². The number of hydrogen-bond donors (Lipinski definition) is 1. The number of amides is 1. The molecule has 22 heavy (non-hydrogen) atoms. The van der Waals surface area contributed by atoms with Crippen LogP contribution in [-0.4, -0.2) is 20.6 Å². The molecule has 1 amide bonds. The third-order valence-corrected chi connectivity index (χ3v) is 5.64. The third-order valence-electron chi connectivity index (χ3n) is 3.04. The second-order valence-corrected chi connectivity index (χ2v) is 8.42. The van der Waals surface area contributed by atoms with Crippen molar-refractivity contribution in [2.45, 2.75) is 11.8 Å². The number of rotatable bonds is 3. The van der Waals surface area contributed by atoms with E-state index in [4.69, 9.17) is 11.6 Å². The van der Waals surface area contributed by atoms with E-state index in [9.17, 15) is 13.2 Å². The maximum atomic E-state index is 12.3. The summed E-state index contributed by atoms with van der Waals surface area (Å²) in [5, 5.41) is 2.92. The number of nitrogens with one attached hydrogen (secondary N) is 1. The molecule has 2 aromatic carbocycles. The summed E-state index contributed by atoms with van der Waals surface area (Å²) in [6.07, 6.45) is 1.08. The van der Waals surface area contributed by atoms with Gasteiger partial charge in [0, 0.05) is 15.5 Å². The summed E-state index contributed by atoms with van der Waals surface area (Å²) in [6.45, 7) is 1.97. The van der Waals surface area contributed by atoms with Crippen molar-refractivity contribution in [3.63, 3.8) is 0 Å². The number of benzene rings is 2. The summed E-state index contributed by atoms with van der Waals surface area (Å²) in [6, 6.07) is 9.58. The SMILES string of the molecule is Cc1ccc(NC(=O)c2cc(S(C)(=O)=O)ccc2Cl)cc1I. The molecule has 0 heterocycles. The Balaban J connectivity index is 2.35. The van der Waals surface area contributed by atoms with Crippen LogP contribution >= 0.6 is 34.2 Å². The van der Waals surface area contributed by atoms with E-state index in [1.807, 2.05) is 19.1 Å². The Kier molecular flexibility index (Phi) is 5.14. The van der Waals surface area contributed by atoms with Crippen LogP contribution in [0.4, 0.5) is 5.69 Å². The third kappa shape index (κ3) is 3.99. The maximum Gasteiger partial charge on any atom is 0.257 e. The summed E-state index contributed by atoms with van der Waals surface area (Å²) in [4.78, 5) is 12.4. The zero-order valence-corrected chi connectivity index (χ0v) is 15.6. The second kappa shape index (κ2) is 6.55. The monoisotopic (exact) mass is 449 g/mol.